The van der Waals surface area contributed by atoms with Crippen LogP contribution in [-0.2, 0) is 9.47 Å². The van der Waals surface area contributed by atoms with E-state index in [-0.39, 0.29) is 6.10 Å². The molecule has 0 aromatic heterocycles. The lowest BCUT2D eigenvalue weighted by Gasteiger charge is -2.10. The minimum absolute atomic E-state index is 0.247. The largest absolute Gasteiger partial charge is 0.379 e. The lowest BCUT2D eigenvalue weighted by molar-refractivity contribution is -0.00123. The van der Waals surface area contributed by atoms with Crippen LogP contribution in [0.5, 0.6) is 0 Å². The third kappa shape index (κ3) is 6.05. The van der Waals surface area contributed by atoms with Crippen LogP contribution in [0.4, 0.5) is 0 Å². The Hall–Kier alpha value is -0.0800. The Labute approximate surface area is 63.5 Å². The van der Waals surface area contributed by atoms with Crippen molar-refractivity contribution in [3.8, 4) is 0 Å². The first-order valence-corrected chi connectivity index (χ1v) is 4.00. The zero-order chi connectivity index (χ0) is 7.82. The lowest BCUT2D eigenvalue weighted by Crippen LogP contribution is -2.15. The van der Waals surface area contributed by atoms with E-state index >= 15 is 0 Å². The second-order valence-corrected chi connectivity index (χ2v) is 2.34. The van der Waals surface area contributed by atoms with Crippen LogP contribution < -0.4 is 0 Å². The van der Waals surface area contributed by atoms with Crippen molar-refractivity contribution < 1.29 is 9.47 Å². The van der Waals surface area contributed by atoms with Gasteiger partial charge in [0.25, 0.3) is 0 Å². The predicted molar refractivity (Wildman–Crippen MR) is 42.2 cm³/mol. The average Bonchev–Trinajstić information content (AvgIpc) is 1.89. The molecule has 0 aliphatic heterocycles. The van der Waals surface area contributed by atoms with Crippen LogP contribution in [0.2, 0.25) is 0 Å². The molecule has 2 heteroatoms. The topological polar surface area (TPSA) is 18.5 Å². The fourth-order valence-electron chi connectivity index (χ4n) is 0.726. The highest BCUT2D eigenvalue weighted by molar-refractivity contribution is 4.44. The monoisotopic (exact) mass is 146 g/mol. The summed E-state index contributed by atoms with van der Waals surface area (Å²) in [5.41, 5.74) is 0. The quantitative estimate of drug-likeness (QED) is 0.532. The van der Waals surface area contributed by atoms with Crippen molar-refractivity contribution in [1.82, 2.24) is 0 Å². The van der Waals surface area contributed by atoms with Crippen LogP contribution in [0, 0.1) is 0 Å². The molecule has 0 saturated heterocycles. The molecule has 0 N–H and O–H groups in total. The summed E-state index contributed by atoms with van der Waals surface area (Å²) in [5, 5.41) is 0. The van der Waals surface area contributed by atoms with Gasteiger partial charge in [0.1, 0.15) is 0 Å². The smallest absolute Gasteiger partial charge is 0.0780 e. The van der Waals surface area contributed by atoms with Gasteiger partial charge in [-0.25, -0.2) is 0 Å². The van der Waals surface area contributed by atoms with Crippen LogP contribution in [0.1, 0.15) is 27.2 Å². The molecule has 0 spiro atoms. The number of ether oxygens (including phenoxy) is 2. The highest BCUT2D eigenvalue weighted by Crippen LogP contribution is 1.91. The van der Waals surface area contributed by atoms with Crippen molar-refractivity contribution in [1.29, 1.82) is 0 Å². The van der Waals surface area contributed by atoms with Crippen molar-refractivity contribution in [2.75, 3.05) is 19.8 Å². The maximum atomic E-state index is 5.27. The first-order valence-electron chi connectivity index (χ1n) is 4.00. The summed E-state index contributed by atoms with van der Waals surface area (Å²) >= 11 is 0. The van der Waals surface area contributed by atoms with Crippen LogP contribution in [0.3, 0.4) is 0 Å². The van der Waals surface area contributed by atoms with Gasteiger partial charge in [-0.1, -0.05) is 6.92 Å². The summed E-state index contributed by atoms with van der Waals surface area (Å²) in [4.78, 5) is 0. The van der Waals surface area contributed by atoms with Crippen molar-refractivity contribution >= 4 is 0 Å². The van der Waals surface area contributed by atoms with Crippen LogP contribution in [0.15, 0.2) is 0 Å². The number of rotatable bonds is 6. The molecule has 0 aromatic rings. The SMILES string of the molecule is CCCOCC(C)OCC. The molecule has 1 atom stereocenters. The van der Waals surface area contributed by atoms with Gasteiger partial charge in [-0.15, -0.1) is 0 Å². The summed E-state index contributed by atoms with van der Waals surface area (Å²) in [5.74, 6) is 0. The molecule has 0 saturated carbocycles. The Kier molecular flexibility index (Phi) is 6.98. The van der Waals surface area contributed by atoms with E-state index in [1.807, 2.05) is 13.8 Å². The second kappa shape index (κ2) is 7.03. The van der Waals surface area contributed by atoms with Gasteiger partial charge in [-0.3, -0.25) is 0 Å². The van der Waals surface area contributed by atoms with Gasteiger partial charge in [-0.05, 0) is 20.3 Å². The van der Waals surface area contributed by atoms with E-state index in [9.17, 15) is 0 Å². The van der Waals surface area contributed by atoms with Gasteiger partial charge in [0, 0.05) is 13.2 Å². The molecule has 0 fully saturated rings. The van der Waals surface area contributed by atoms with Crippen LogP contribution in [0.25, 0.3) is 0 Å². The number of hydrogen-bond acceptors (Lipinski definition) is 2. The predicted octanol–water partition coefficient (Wildman–Crippen LogP) is 1.84. The van der Waals surface area contributed by atoms with Gasteiger partial charge in [-0.2, -0.15) is 0 Å². The van der Waals surface area contributed by atoms with Gasteiger partial charge < -0.3 is 9.47 Å². The van der Waals surface area contributed by atoms with Crippen LogP contribution in [-0.4, -0.2) is 25.9 Å². The molecule has 1 unspecified atom stereocenters. The molecule has 0 bridgehead atoms. The molecule has 0 aliphatic rings. The molecule has 0 heterocycles. The maximum Gasteiger partial charge on any atom is 0.0780 e. The Morgan fingerprint density at radius 1 is 1.30 bits per heavy atom. The Bertz CT molecular complexity index is 64.3. The molecule has 0 radical (unpaired) electrons. The van der Waals surface area contributed by atoms with Crippen LogP contribution >= 0.6 is 0 Å². The Balaban J connectivity index is 2.97. The normalized spacial score (nSPS) is 13.5. The Morgan fingerprint density at radius 2 is 2.00 bits per heavy atom. The van der Waals surface area contributed by atoms with E-state index in [1.54, 1.807) is 0 Å². The van der Waals surface area contributed by atoms with Crippen molar-refractivity contribution in [3.05, 3.63) is 0 Å². The third-order valence-corrected chi connectivity index (χ3v) is 1.15. The fourth-order valence-corrected chi connectivity index (χ4v) is 0.726. The molecular weight excluding hydrogens is 128 g/mol. The minimum atomic E-state index is 0.247. The van der Waals surface area contributed by atoms with Crippen molar-refractivity contribution in [3.63, 3.8) is 0 Å². The summed E-state index contributed by atoms with van der Waals surface area (Å²) in [7, 11) is 0. The van der Waals surface area contributed by atoms with E-state index in [0.29, 0.717) is 0 Å². The first-order chi connectivity index (χ1) is 4.81. The van der Waals surface area contributed by atoms with Crippen molar-refractivity contribution in [2.45, 2.75) is 33.3 Å². The third-order valence-electron chi connectivity index (χ3n) is 1.15. The molecule has 0 amide bonds. The summed E-state index contributed by atoms with van der Waals surface area (Å²) < 4.78 is 10.5. The molecule has 0 rings (SSSR count). The highest BCUT2D eigenvalue weighted by Gasteiger charge is 1.98. The highest BCUT2D eigenvalue weighted by atomic mass is 16.5. The summed E-state index contributed by atoms with van der Waals surface area (Å²) in [6.07, 6.45) is 1.33. The van der Waals surface area contributed by atoms with E-state index < -0.39 is 0 Å². The minimum Gasteiger partial charge on any atom is -0.379 e. The Morgan fingerprint density at radius 3 is 2.50 bits per heavy atom. The molecular formula is C8H18O2. The zero-order valence-electron chi connectivity index (χ0n) is 7.22. The van der Waals surface area contributed by atoms with E-state index in [4.69, 9.17) is 9.47 Å². The summed E-state index contributed by atoms with van der Waals surface area (Å²) in [6.45, 7) is 8.47. The van der Waals surface area contributed by atoms with Gasteiger partial charge in [0.2, 0.25) is 0 Å². The first kappa shape index (κ1) is 9.92. The van der Waals surface area contributed by atoms with E-state index in [0.717, 1.165) is 26.2 Å². The second-order valence-electron chi connectivity index (χ2n) is 2.34. The molecule has 0 aliphatic carbocycles. The molecule has 10 heavy (non-hydrogen) atoms. The van der Waals surface area contributed by atoms with E-state index in [2.05, 4.69) is 6.92 Å². The number of hydrogen-bond donors (Lipinski definition) is 0. The van der Waals surface area contributed by atoms with Crippen molar-refractivity contribution in [2.24, 2.45) is 0 Å². The fraction of sp³-hybridized carbons (Fsp3) is 1.00. The average molecular weight is 146 g/mol. The van der Waals surface area contributed by atoms with Gasteiger partial charge in [0.15, 0.2) is 0 Å². The van der Waals surface area contributed by atoms with E-state index in [1.165, 1.54) is 0 Å². The molecule has 2 nitrogen and oxygen atoms in total. The maximum absolute atomic E-state index is 5.27. The van der Waals surface area contributed by atoms with Gasteiger partial charge >= 0.3 is 0 Å². The van der Waals surface area contributed by atoms with Gasteiger partial charge in [0.05, 0.1) is 12.7 Å². The lowest BCUT2D eigenvalue weighted by atomic mass is 10.4. The summed E-state index contributed by atoms with van der Waals surface area (Å²) in [6, 6.07) is 0. The molecule has 0 aromatic carbocycles. The zero-order valence-corrected chi connectivity index (χ0v) is 7.22. The molecule has 62 valence electrons. The standard InChI is InChI=1S/C8H18O2/c1-4-6-9-7-8(3)10-5-2/h8H,4-7H2,1-3H3.